The SMILES string of the molecule is COc1cc(N2CC[C@]3(CCC[C@@H](CNC(=O)N(C)C)O3)C2)ncn1. The molecule has 1 aromatic heterocycles. The number of anilines is 1. The lowest BCUT2D eigenvalue weighted by Crippen LogP contribution is -2.48. The molecule has 2 aliphatic rings. The highest BCUT2D eigenvalue weighted by Gasteiger charge is 2.43. The van der Waals surface area contributed by atoms with Crippen LogP contribution < -0.4 is 15.0 Å². The first-order chi connectivity index (χ1) is 12.0. The lowest BCUT2D eigenvalue weighted by atomic mass is 9.90. The van der Waals surface area contributed by atoms with E-state index in [2.05, 4.69) is 20.2 Å². The lowest BCUT2D eigenvalue weighted by molar-refractivity contribution is -0.113. The monoisotopic (exact) mass is 349 g/mol. The molecular weight excluding hydrogens is 322 g/mol. The summed E-state index contributed by atoms with van der Waals surface area (Å²) in [5.74, 6) is 1.44. The minimum Gasteiger partial charge on any atom is -0.481 e. The molecular formula is C17H27N5O3. The van der Waals surface area contributed by atoms with Crippen LogP contribution in [0.5, 0.6) is 5.88 Å². The van der Waals surface area contributed by atoms with Gasteiger partial charge in [0.1, 0.15) is 12.1 Å². The van der Waals surface area contributed by atoms with Crippen LogP contribution in [-0.4, -0.2) is 73.4 Å². The predicted molar refractivity (Wildman–Crippen MR) is 94.0 cm³/mol. The Morgan fingerprint density at radius 1 is 1.48 bits per heavy atom. The van der Waals surface area contributed by atoms with E-state index in [0.29, 0.717) is 12.4 Å². The van der Waals surface area contributed by atoms with Gasteiger partial charge in [-0.2, -0.15) is 0 Å². The number of amides is 2. The molecule has 2 aliphatic heterocycles. The quantitative estimate of drug-likeness (QED) is 0.882. The Balaban J connectivity index is 1.60. The Bertz CT molecular complexity index is 612. The van der Waals surface area contributed by atoms with Crippen LogP contribution in [0, 0.1) is 0 Å². The molecule has 1 aromatic rings. The number of carbonyl (C=O) groups excluding carboxylic acids is 1. The standard InChI is InChI=1S/C17H27N5O3/c1-21(2)16(23)18-10-13-5-4-6-17(25-13)7-8-22(11-17)14-9-15(24-3)20-12-19-14/h9,12-13H,4-8,10-11H2,1-3H3,(H,18,23)/t13-,17+/m0/s1. The minimum atomic E-state index is -0.149. The summed E-state index contributed by atoms with van der Waals surface area (Å²) in [5, 5.41) is 2.93. The van der Waals surface area contributed by atoms with E-state index in [1.165, 1.54) is 6.33 Å². The Morgan fingerprint density at radius 2 is 2.32 bits per heavy atom. The van der Waals surface area contributed by atoms with Crippen molar-refractivity contribution in [3.8, 4) is 5.88 Å². The largest absolute Gasteiger partial charge is 0.481 e. The Labute approximate surface area is 148 Å². The third-order valence-corrected chi connectivity index (χ3v) is 4.94. The van der Waals surface area contributed by atoms with Crippen molar-refractivity contribution >= 4 is 11.8 Å². The van der Waals surface area contributed by atoms with Gasteiger partial charge in [0, 0.05) is 39.8 Å². The molecule has 0 aromatic carbocycles. The molecule has 1 N–H and O–H groups in total. The van der Waals surface area contributed by atoms with E-state index in [0.717, 1.165) is 44.6 Å². The molecule has 2 amide bonds. The zero-order valence-corrected chi connectivity index (χ0v) is 15.2. The third-order valence-electron chi connectivity index (χ3n) is 4.94. The second-order valence-corrected chi connectivity index (χ2v) is 6.99. The second kappa shape index (κ2) is 7.43. The molecule has 8 heteroatoms. The number of nitrogens with zero attached hydrogens (tertiary/aromatic N) is 4. The number of carbonyl (C=O) groups is 1. The van der Waals surface area contributed by atoms with Gasteiger partial charge in [-0.3, -0.25) is 0 Å². The van der Waals surface area contributed by atoms with Gasteiger partial charge in [-0.05, 0) is 25.7 Å². The average molecular weight is 349 g/mol. The molecule has 0 radical (unpaired) electrons. The molecule has 2 atom stereocenters. The fourth-order valence-electron chi connectivity index (χ4n) is 3.58. The topological polar surface area (TPSA) is 79.8 Å². The number of rotatable bonds is 4. The van der Waals surface area contributed by atoms with Crippen molar-refractivity contribution in [1.29, 1.82) is 0 Å². The molecule has 0 aliphatic carbocycles. The summed E-state index contributed by atoms with van der Waals surface area (Å²) in [7, 11) is 5.08. The molecule has 0 unspecified atom stereocenters. The van der Waals surface area contributed by atoms with Crippen molar-refractivity contribution in [2.45, 2.75) is 37.4 Å². The van der Waals surface area contributed by atoms with Crippen molar-refractivity contribution < 1.29 is 14.3 Å². The zero-order chi connectivity index (χ0) is 17.9. The molecule has 8 nitrogen and oxygen atoms in total. The third kappa shape index (κ3) is 4.12. The van der Waals surface area contributed by atoms with E-state index >= 15 is 0 Å². The van der Waals surface area contributed by atoms with Crippen LogP contribution in [0.4, 0.5) is 10.6 Å². The van der Waals surface area contributed by atoms with Crippen LogP contribution in [0.2, 0.25) is 0 Å². The fourth-order valence-corrected chi connectivity index (χ4v) is 3.58. The summed E-state index contributed by atoms with van der Waals surface area (Å²) in [6.45, 7) is 2.27. The van der Waals surface area contributed by atoms with Crippen molar-refractivity contribution in [3.63, 3.8) is 0 Å². The van der Waals surface area contributed by atoms with E-state index in [-0.39, 0.29) is 17.7 Å². The van der Waals surface area contributed by atoms with Gasteiger partial charge < -0.3 is 24.6 Å². The van der Waals surface area contributed by atoms with Gasteiger partial charge >= 0.3 is 6.03 Å². The summed E-state index contributed by atoms with van der Waals surface area (Å²) in [5.41, 5.74) is -0.149. The van der Waals surface area contributed by atoms with Crippen molar-refractivity contribution in [1.82, 2.24) is 20.2 Å². The summed E-state index contributed by atoms with van der Waals surface area (Å²) in [4.78, 5) is 23.9. The van der Waals surface area contributed by atoms with E-state index < -0.39 is 0 Å². The number of methoxy groups -OCH3 is 1. The van der Waals surface area contributed by atoms with Gasteiger partial charge in [-0.15, -0.1) is 0 Å². The van der Waals surface area contributed by atoms with E-state index in [1.54, 1.807) is 26.1 Å². The molecule has 1 spiro atoms. The molecule has 3 rings (SSSR count). The number of hydrogen-bond donors (Lipinski definition) is 1. The zero-order valence-electron chi connectivity index (χ0n) is 15.2. The number of urea groups is 1. The van der Waals surface area contributed by atoms with Crippen LogP contribution in [0.3, 0.4) is 0 Å². The molecule has 2 saturated heterocycles. The van der Waals surface area contributed by atoms with Crippen molar-refractivity contribution in [2.75, 3.05) is 45.7 Å². The van der Waals surface area contributed by atoms with Crippen molar-refractivity contribution in [3.05, 3.63) is 12.4 Å². The van der Waals surface area contributed by atoms with Gasteiger partial charge in [0.05, 0.1) is 18.8 Å². The first kappa shape index (κ1) is 17.7. The number of ether oxygens (including phenoxy) is 2. The van der Waals surface area contributed by atoms with Gasteiger partial charge in [0.2, 0.25) is 5.88 Å². The molecule has 25 heavy (non-hydrogen) atoms. The van der Waals surface area contributed by atoms with Crippen LogP contribution in [0.25, 0.3) is 0 Å². The molecule has 3 heterocycles. The smallest absolute Gasteiger partial charge is 0.316 e. The van der Waals surface area contributed by atoms with Gasteiger partial charge in [-0.25, -0.2) is 14.8 Å². The van der Waals surface area contributed by atoms with Crippen LogP contribution in [-0.2, 0) is 4.74 Å². The summed E-state index contributed by atoms with van der Waals surface area (Å²) in [6.07, 6.45) is 5.71. The maximum absolute atomic E-state index is 11.7. The Hall–Kier alpha value is -2.09. The van der Waals surface area contributed by atoms with Crippen molar-refractivity contribution in [2.24, 2.45) is 0 Å². The first-order valence-corrected chi connectivity index (χ1v) is 8.75. The Kier molecular flexibility index (Phi) is 5.27. The molecule has 2 fully saturated rings. The molecule has 0 saturated carbocycles. The summed E-state index contributed by atoms with van der Waals surface area (Å²) < 4.78 is 11.6. The van der Waals surface area contributed by atoms with Crippen LogP contribution >= 0.6 is 0 Å². The highest BCUT2D eigenvalue weighted by Crippen LogP contribution is 2.38. The normalized spacial score (nSPS) is 25.9. The maximum Gasteiger partial charge on any atom is 0.316 e. The minimum absolute atomic E-state index is 0.0672. The fraction of sp³-hybridized carbons (Fsp3) is 0.706. The van der Waals surface area contributed by atoms with E-state index in [4.69, 9.17) is 9.47 Å². The lowest BCUT2D eigenvalue weighted by Gasteiger charge is -2.38. The van der Waals surface area contributed by atoms with Gasteiger partial charge in [0.25, 0.3) is 0 Å². The summed E-state index contributed by atoms with van der Waals surface area (Å²) in [6, 6.07) is 1.78. The first-order valence-electron chi connectivity index (χ1n) is 8.75. The number of hydrogen-bond acceptors (Lipinski definition) is 6. The highest BCUT2D eigenvalue weighted by molar-refractivity contribution is 5.73. The van der Waals surface area contributed by atoms with E-state index in [9.17, 15) is 4.79 Å². The molecule has 0 bridgehead atoms. The van der Waals surface area contributed by atoms with Gasteiger partial charge in [-0.1, -0.05) is 0 Å². The average Bonchev–Trinajstić information content (AvgIpc) is 3.03. The molecule has 138 valence electrons. The highest BCUT2D eigenvalue weighted by atomic mass is 16.5. The van der Waals surface area contributed by atoms with Crippen LogP contribution in [0.1, 0.15) is 25.7 Å². The summed E-state index contributed by atoms with van der Waals surface area (Å²) >= 11 is 0. The Morgan fingerprint density at radius 3 is 3.08 bits per heavy atom. The number of nitrogens with one attached hydrogen (secondary N) is 1. The van der Waals surface area contributed by atoms with Gasteiger partial charge in [0.15, 0.2) is 0 Å². The second-order valence-electron chi connectivity index (χ2n) is 6.99. The maximum atomic E-state index is 11.7. The predicted octanol–water partition coefficient (Wildman–Crippen LogP) is 1.27. The van der Waals surface area contributed by atoms with E-state index in [1.807, 2.05) is 6.07 Å². The van der Waals surface area contributed by atoms with Crippen LogP contribution in [0.15, 0.2) is 12.4 Å². The number of aromatic nitrogens is 2.